The molecule has 4 nitrogen and oxygen atoms in total. The molecule has 22 heavy (non-hydrogen) atoms. The molecule has 0 saturated carbocycles. The van der Waals surface area contributed by atoms with E-state index in [1.54, 1.807) is 13.2 Å². The minimum Gasteiger partial charge on any atom is -0.497 e. The van der Waals surface area contributed by atoms with Gasteiger partial charge in [-0.05, 0) is 40.2 Å². The molecule has 0 aliphatic carbocycles. The fourth-order valence-electron chi connectivity index (χ4n) is 2.53. The van der Waals surface area contributed by atoms with Crippen LogP contribution in [0, 0.1) is 0 Å². The minimum absolute atomic E-state index is 0.0458. The van der Waals surface area contributed by atoms with Crippen molar-refractivity contribution >= 4 is 21.8 Å². The van der Waals surface area contributed by atoms with Crippen molar-refractivity contribution in [3.63, 3.8) is 0 Å². The maximum absolute atomic E-state index is 12.6. The third-order valence-electron chi connectivity index (χ3n) is 3.68. The van der Waals surface area contributed by atoms with E-state index < -0.39 is 0 Å². The van der Waals surface area contributed by atoms with Crippen LogP contribution < -0.4 is 14.8 Å². The molecule has 0 saturated heterocycles. The molecule has 2 aromatic carbocycles. The quantitative estimate of drug-likeness (QED) is 0.906. The Labute approximate surface area is 137 Å². The summed E-state index contributed by atoms with van der Waals surface area (Å²) in [5.74, 6) is 1.36. The lowest BCUT2D eigenvalue weighted by molar-refractivity contribution is 0.0923. The van der Waals surface area contributed by atoms with Gasteiger partial charge in [-0.25, -0.2) is 0 Å². The van der Waals surface area contributed by atoms with E-state index in [-0.39, 0.29) is 11.9 Å². The maximum atomic E-state index is 12.6. The molecule has 0 fully saturated rings. The van der Waals surface area contributed by atoms with Gasteiger partial charge in [0.1, 0.15) is 11.5 Å². The number of rotatable bonds is 3. The number of carbonyl (C=O) groups is 1. The molecular formula is C17H16BrNO3. The molecule has 2 aromatic rings. The Morgan fingerprint density at radius 2 is 2.14 bits per heavy atom. The van der Waals surface area contributed by atoms with E-state index >= 15 is 0 Å². The number of ether oxygens (including phenoxy) is 2. The highest BCUT2D eigenvalue weighted by atomic mass is 79.9. The van der Waals surface area contributed by atoms with Crippen LogP contribution in [0.4, 0.5) is 0 Å². The van der Waals surface area contributed by atoms with Gasteiger partial charge in [-0.15, -0.1) is 0 Å². The predicted octanol–water partition coefficient (Wildman–Crippen LogP) is 3.71. The summed E-state index contributed by atoms with van der Waals surface area (Å²) >= 11 is 3.42. The highest BCUT2D eigenvalue weighted by molar-refractivity contribution is 9.10. The summed E-state index contributed by atoms with van der Waals surface area (Å²) in [5, 5.41) is 3.08. The van der Waals surface area contributed by atoms with Crippen LogP contribution in [-0.4, -0.2) is 19.6 Å². The molecule has 0 aromatic heterocycles. The van der Waals surface area contributed by atoms with Crippen molar-refractivity contribution in [2.24, 2.45) is 0 Å². The molecule has 0 unspecified atom stereocenters. The first-order chi connectivity index (χ1) is 10.7. The molecule has 1 atom stereocenters. The zero-order valence-corrected chi connectivity index (χ0v) is 13.7. The van der Waals surface area contributed by atoms with Crippen molar-refractivity contribution in [3.8, 4) is 11.5 Å². The van der Waals surface area contributed by atoms with Gasteiger partial charge < -0.3 is 14.8 Å². The average Bonchev–Trinajstić information content (AvgIpc) is 2.55. The summed E-state index contributed by atoms with van der Waals surface area (Å²) in [6.45, 7) is 0.598. The summed E-state index contributed by atoms with van der Waals surface area (Å²) in [5.41, 5.74) is 1.57. The Kier molecular flexibility index (Phi) is 4.34. The van der Waals surface area contributed by atoms with E-state index in [1.165, 1.54) is 0 Å². The average molecular weight is 362 g/mol. The van der Waals surface area contributed by atoms with Crippen molar-refractivity contribution in [3.05, 3.63) is 58.1 Å². The van der Waals surface area contributed by atoms with E-state index in [0.717, 1.165) is 22.2 Å². The lowest BCUT2D eigenvalue weighted by atomic mass is 10.00. The van der Waals surface area contributed by atoms with E-state index in [1.807, 2.05) is 36.4 Å². The predicted molar refractivity (Wildman–Crippen MR) is 87.5 cm³/mol. The fraction of sp³-hybridized carbons (Fsp3) is 0.235. The molecule has 5 heteroatoms. The van der Waals surface area contributed by atoms with E-state index in [9.17, 15) is 4.79 Å². The molecule has 1 N–H and O–H groups in total. The van der Waals surface area contributed by atoms with Gasteiger partial charge >= 0.3 is 0 Å². The van der Waals surface area contributed by atoms with Crippen molar-refractivity contribution < 1.29 is 14.3 Å². The number of fused-ring (bicyclic) bond motifs is 1. The van der Waals surface area contributed by atoms with Crippen molar-refractivity contribution in [2.75, 3.05) is 13.7 Å². The smallest absolute Gasteiger partial charge is 0.253 e. The normalized spacial score (nSPS) is 16.4. The summed E-state index contributed by atoms with van der Waals surface area (Å²) in [7, 11) is 1.58. The molecule has 1 aliphatic heterocycles. The van der Waals surface area contributed by atoms with Crippen LogP contribution in [0.2, 0.25) is 0 Å². The largest absolute Gasteiger partial charge is 0.497 e. The van der Waals surface area contributed by atoms with Crippen molar-refractivity contribution in [2.45, 2.75) is 12.5 Å². The number of carbonyl (C=O) groups excluding carboxylic acids is 1. The zero-order chi connectivity index (χ0) is 15.5. The van der Waals surface area contributed by atoms with Gasteiger partial charge in [0, 0.05) is 16.5 Å². The first kappa shape index (κ1) is 14.9. The minimum atomic E-state index is -0.132. The second-order valence-corrected chi connectivity index (χ2v) is 5.90. The summed E-state index contributed by atoms with van der Waals surface area (Å²) < 4.78 is 11.5. The first-order valence-electron chi connectivity index (χ1n) is 7.05. The number of methoxy groups -OCH3 is 1. The van der Waals surface area contributed by atoms with Crippen LogP contribution in [0.1, 0.15) is 28.4 Å². The Morgan fingerprint density at radius 1 is 1.32 bits per heavy atom. The molecule has 0 radical (unpaired) electrons. The second kappa shape index (κ2) is 6.40. The molecule has 3 rings (SSSR count). The molecular weight excluding hydrogens is 346 g/mol. The topological polar surface area (TPSA) is 47.6 Å². The molecule has 1 amide bonds. The Balaban J connectivity index is 1.84. The van der Waals surface area contributed by atoms with Gasteiger partial charge in [-0.3, -0.25) is 4.79 Å². The SMILES string of the molecule is COc1ccc(Br)c(C(=O)N[C@H]2CCOc3ccccc32)c1. The van der Waals surface area contributed by atoms with Crippen LogP contribution in [0.3, 0.4) is 0 Å². The number of amides is 1. The van der Waals surface area contributed by atoms with Crippen LogP contribution in [0.15, 0.2) is 46.9 Å². The van der Waals surface area contributed by atoms with Crippen LogP contribution in [0.25, 0.3) is 0 Å². The van der Waals surface area contributed by atoms with E-state index in [4.69, 9.17) is 9.47 Å². The van der Waals surface area contributed by atoms with Gasteiger partial charge in [0.25, 0.3) is 5.91 Å². The lowest BCUT2D eigenvalue weighted by Crippen LogP contribution is -2.32. The standard InChI is InChI=1S/C17H16BrNO3/c1-21-11-6-7-14(18)13(10-11)17(20)19-15-8-9-22-16-5-3-2-4-12(15)16/h2-7,10,15H,8-9H2,1H3,(H,19,20)/t15-/m0/s1. The Hall–Kier alpha value is -2.01. The third kappa shape index (κ3) is 2.95. The van der Waals surface area contributed by atoms with Crippen LogP contribution >= 0.6 is 15.9 Å². The van der Waals surface area contributed by atoms with Gasteiger partial charge in [0.15, 0.2) is 0 Å². The number of hydrogen-bond donors (Lipinski definition) is 1. The Morgan fingerprint density at radius 3 is 2.95 bits per heavy atom. The second-order valence-electron chi connectivity index (χ2n) is 5.05. The molecule has 114 valence electrons. The van der Waals surface area contributed by atoms with Crippen LogP contribution in [-0.2, 0) is 0 Å². The number of para-hydroxylation sites is 1. The van der Waals surface area contributed by atoms with E-state index in [2.05, 4.69) is 21.2 Å². The number of hydrogen-bond acceptors (Lipinski definition) is 3. The number of nitrogens with one attached hydrogen (secondary N) is 1. The Bertz CT molecular complexity index is 702. The first-order valence-corrected chi connectivity index (χ1v) is 7.84. The van der Waals surface area contributed by atoms with Gasteiger partial charge in [0.05, 0.1) is 25.3 Å². The van der Waals surface area contributed by atoms with Crippen molar-refractivity contribution in [1.82, 2.24) is 5.32 Å². The molecule has 0 bridgehead atoms. The fourth-order valence-corrected chi connectivity index (χ4v) is 2.96. The van der Waals surface area contributed by atoms with Gasteiger partial charge in [-0.2, -0.15) is 0 Å². The van der Waals surface area contributed by atoms with Crippen molar-refractivity contribution in [1.29, 1.82) is 0 Å². The molecule has 1 heterocycles. The summed E-state index contributed by atoms with van der Waals surface area (Å²) in [6, 6.07) is 13.1. The third-order valence-corrected chi connectivity index (χ3v) is 4.37. The number of halogens is 1. The number of benzene rings is 2. The highest BCUT2D eigenvalue weighted by Gasteiger charge is 2.23. The van der Waals surface area contributed by atoms with Gasteiger partial charge in [0.2, 0.25) is 0 Å². The molecule has 0 spiro atoms. The lowest BCUT2D eigenvalue weighted by Gasteiger charge is -2.26. The maximum Gasteiger partial charge on any atom is 0.253 e. The van der Waals surface area contributed by atoms with Gasteiger partial charge in [-0.1, -0.05) is 18.2 Å². The molecule has 1 aliphatic rings. The summed E-state index contributed by atoms with van der Waals surface area (Å²) in [4.78, 5) is 12.6. The monoisotopic (exact) mass is 361 g/mol. The van der Waals surface area contributed by atoms with E-state index in [0.29, 0.717) is 17.9 Å². The van der Waals surface area contributed by atoms with Crippen LogP contribution in [0.5, 0.6) is 11.5 Å². The summed E-state index contributed by atoms with van der Waals surface area (Å²) in [6.07, 6.45) is 0.754. The zero-order valence-electron chi connectivity index (χ0n) is 12.1. The highest BCUT2D eigenvalue weighted by Crippen LogP contribution is 2.32.